The van der Waals surface area contributed by atoms with Crippen LogP contribution in [0.15, 0.2) is 18.3 Å². The standard InChI is InChI=1S/C14H23N3O/c1-3-12-10-17(7-8-18-12)11-5-6-14(16-9-11)13(15)4-2/h5-6,9,12-13H,3-4,7-8,10,15H2,1-2H3/t12?,13-/m0/s1. The molecule has 1 unspecified atom stereocenters. The minimum Gasteiger partial charge on any atom is -0.375 e. The number of pyridine rings is 1. The van der Waals surface area contributed by atoms with Crippen molar-refractivity contribution in [1.82, 2.24) is 4.98 Å². The van der Waals surface area contributed by atoms with Gasteiger partial charge in [-0.15, -0.1) is 0 Å². The number of aromatic nitrogens is 1. The Morgan fingerprint density at radius 1 is 1.50 bits per heavy atom. The van der Waals surface area contributed by atoms with Crippen molar-refractivity contribution in [1.29, 1.82) is 0 Å². The second-order valence-electron chi connectivity index (χ2n) is 4.80. The van der Waals surface area contributed by atoms with Crippen LogP contribution in [0.5, 0.6) is 0 Å². The molecule has 100 valence electrons. The van der Waals surface area contributed by atoms with E-state index in [2.05, 4.69) is 29.8 Å². The van der Waals surface area contributed by atoms with Gasteiger partial charge in [-0.05, 0) is 25.0 Å². The Morgan fingerprint density at radius 2 is 2.33 bits per heavy atom. The third-order valence-electron chi connectivity index (χ3n) is 3.55. The van der Waals surface area contributed by atoms with Gasteiger partial charge in [-0.2, -0.15) is 0 Å². The van der Waals surface area contributed by atoms with Crippen molar-refractivity contribution >= 4 is 5.69 Å². The highest BCUT2D eigenvalue weighted by Gasteiger charge is 2.19. The zero-order chi connectivity index (χ0) is 13.0. The molecule has 1 aromatic heterocycles. The van der Waals surface area contributed by atoms with Crippen LogP contribution in [-0.4, -0.2) is 30.8 Å². The van der Waals surface area contributed by atoms with Gasteiger partial charge in [0.25, 0.3) is 0 Å². The van der Waals surface area contributed by atoms with E-state index in [-0.39, 0.29) is 6.04 Å². The van der Waals surface area contributed by atoms with E-state index in [0.717, 1.165) is 38.2 Å². The van der Waals surface area contributed by atoms with Crippen molar-refractivity contribution in [2.75, 3.05) is 24.6 Å². The average molecular weight is 249 g/mol. The second kappa shape index (κ2) is 6.16. The number of ether oxygens (including phenoxy) is 1. The lowest BCUT2D eigenvalue weighted by Crippen LogP contribution is -2.42. The van der Waals surface area contributed by atoms with Crippen molar-refractivity contribution in [3.05, 3.63) is 24.0 Å². The lowest BCUT2D eigenvalue weighted by Gasteiger charge is -2.34. The molecule has 0 aromatic carbocycles. The zero-order valence-electron chi connectivity index (χ0n) is 11.3. The first-order valence-corrected chi connectivity index (χ1v) is 6.82. The molecule has 1 aromatic rings. The van der Waals surface area contributed by atoms with Gasteiger partial charge in [-0.25, -0.2) is 0 Å². The van der Waals surface area contributed by atoms with Crippen molar-refractivity contribution < 1.29 is 4.74 Å². The molecule has 4 heteroatoms. The second-order valence-corrected chi connectivity index (χ2v) is 4.80. The topological polar surface area (TPSA) is 51.4 Å². The summed E-state index contributed by atoms with van der Waals surface area (Å²) in [5.41, 5.74) is 8.11. The predicted octanol–water partition coefficient (Wildman–Crippen LogP) is 2.11. The van der Waals surface area contributed by atoms with Gasteiger partial charge in [0.05, 0.1) is 30.3 Å². The molecule has 4 nitrogen and oxygen atoms in total. The van der Waals surface area contributed by atoms with Crippen molar-refractivity contribution in [2.45, 2.75) is 38.8 Å². The molecule has 2 atom stereocenters. The van der Waals surface area contributed by atoms with E-state index in [1.807, 2.05) is 12.3 Å². The van der Waals surface area contributed by atoms with E-state index < -0.39 is 0 Å². The number of hydrogen-bond acceptors (Lipinski definition) is 4. The van der Waals surface area contributed by atoms with E-state index in [9.17, 15) is 0 Å². The summed E-state index contributed by atoms with van der Waals surface area (Å²) < 4.78 is 5.68. The Morgan fingerprint density at radius 3 is 2.94 bits per heavy atom. The lowest BCUT2D eigenvalue weighted by molar-refractivity contribution is 0.0384. The molecule has 0 saturated carbocycles. The molecule has 18 heavy (non-hydrogen) atoms. The molecule has 0 aliphatic carbocycles. The minimum atomic E-state index is 0.0483. The molecule has 1 aliphatic rings. The van der Waals surface area contributed by atoms with Gasteiger partial charge in [-0.1, -0.05) is 13.8 Å². The van der Waals surface area contributed by atoms with Gasteiger partial charge < -0.3 is 15.4 Å². The van der Waals surface area contributed by atoms with E-state index in [0.29, 0.717) is 6.10 Å². The minimum absolute atomic E-state index is 0.0483. The quantitative estimate of drug-likeness (QED) is 0.888. The van der Waals surface area contributed by atoms with E-state index in [4.69, 9.17) is 10.5 Å². The first-order valence-electron chi connectivity index (χ1n) is 6.82. The van der Waals surface area contributed by atoms with Crippen LogP contribution in [0, 0.1) is 0 Å². The summed E-state index contributed by atoms with van der Waals surface area (Å²) in [4.78, 5) is 6.81. The van der Waals surface area contributed by atoms with Gasteiger partial charge in [0.1, 0.15) is 0 Å². The Kier molecular flexibility index (Phi) is 4.55. The fraction of sp³-hybridized carbons (Fsp3) is 0.643. The molecule has 0 radical (unpaired) electrons. The van der Waals surface area contributed by atoms with Crippen LogP contribution in [0.25, 0.3) is 0 Å². The summed E-state index contributed by atoms with van der Waals surface area (Å²) in [7, 11) is 0. The maximum absolute atomic E-state index is 5.97. The van der Waals surface area contributed by atoms with E-state index >= 15 is 0 Å². The van der Waals surface area contributed by atoms with Crippen LogP contribution < -0.4 is 10.6 Å². The SMILES string of the molecule is CCC1CN(c2ccc([C@@H](N)CC)nc2)CCO1. The van der Waals surface area contributed by atoms with E-state index in [1.54, 1.807) is 0 Å². The van der Waals surface area contributed by atoms with Crippen molar-refractivity contribution in [2.24, 2.45) is 5.73 Å². The smallest absolute Gasteiger partial charge is 0.0748 e. The van der Waals surface area contributed by atoms with Crippen LogP contribution in [-0.2, 0) is 4.74 Å². The van der Waals surface area contributed by atoms with Crippen molar-refractivity contribution in [3.63, 3.8) is 0 Å². The first kappa shape index (κ1) is 13.3. The first-order chi connectivity index (χ1) is 8.74. The highest BCUT2D eigenvalue weighted by Crippen LogP contribution is 2.20. The monoisotopic (exact) mass is 249 g/mol. The van der Waals surface area contributed by atoms with Crippen LogP contribution in [0.1, 0.15) is 38.4 Å². The fourth-order valence-electron chi connectivity index (χ4n) is 2.21. The fourth-order valence-corrected chi connectivity index (χ4v) is 2.21. The highest BCUT2D eigenvalue weighted by molar-refractivity contribution is 5.45. The molecule has 2 N–H and O–H groups in total. The van der Waals surface area contributed by atoms with Gasteiger partial charge in [0.15, 0.2) is 0 Å². The predicted molar refractivity (Wildman–Crippen MR) is 73.7 cm³/mol. The summed E-state index contributed by atoms with van der Waals surface area (Å²) in [5.74, 6) is 0. The normalized spacial score (nSPS) is 21.9. The average Bonchev–Trinajstić information content (AvgIpc) is 2.46. The number of nitrogens with zero attached hydrogens (tertiary/aromatic N) is 2. The van der Waals surface area contributed by atoms with Gasteiger partial charge >= 0.3 is 0 Å². The summed E-state index contributed by atoms with van der Waals surface area (Å²) in [6.07, 6.45) is 4.25. The molecule has 2 heterocycles. The Balaban J connectivity index is 2.04. The van der Waals surface area contributed by atoms with Gasteiger partial charge in [0.2, 0.25) is 0 Å². The maximum atomic E-state index is 5.97. The largest absolute Gasteiger partial charge is 0.375 e. The zero-order valence-corrected chi connectivity index (χ0v) is 11.3. The highest BCUT2D eigenvalue weighted by atomic mass is 16.5. The molecule has 1 aliphatic heterocycles. The molecule has 2 rings (SSSR count). The van der Waals surface area contributed by atoms with Gasteiger partial charge in [-0.3, -0.25) is 4.98 Å². The molecule has 1 fully saturated rings. The summed E-state index contributed by atoms with van der Waals surface area (Å²) in [5, 5.41) is 0. The summed E-state index contributed by atoms with van der Waals surface area (Å²) in [6, 6.07) is 4.21. The maximum Gasteiger partial charge on any atom is 0.0748 e. The number of hydrogen-bond donors (Lipinski definition) is 1. The number of rotatable bonds is 4. The van der Waals surface area contributed by atoms with Gasteiger partial charge in [0, 0.05) is 19.1 Å². The third-order valence-corrected chi connectivity index (χ3v) is 3.55. The molecule has 1 saturated heterocycles. The molecule has 0 bridgehead atoms. The van der Waals surface area contributed by atoms with Crippen LogP contribution in [0.4, 0.5) is 5.69 Å². The van der Waals surface area contributed by atoms with Crippen LogP contribution in [0.2, 0.25) is 0 Å². The summed E-state index contributed by atoms with van der Waals surface area (Å²) in [6.45, 7) is 6.94. The molecular weight excluding hydrogens is 226 g/mol. The molecule has 0 amide bonds. The lowest BCUT2D eigenvalue weighted by atomic mass is 10.1. The molecule has 0 spiro atoms. The number of anilines is 1. The van der Waals surface area contributed by atoms with E-state index in [1.165, 1.54) is 5.69 Å². The van der Waals surface area contributed by atoms with Crippen LogP contribution >= 0.6 is 0 Å². The Labute approximate surface area is 109 Å². The number of morpholine rings is 1. The number of nitrogens with two attached hydrogens (primary N) is 1. The molecular formula is C14H23N3O. The third kappa shape index (κ3) is 3.00. The Bertz CT molecular complexity index is 366. The Hall–Kier alpha value is -1.13. The van der Waals surface area contributed by atoms with Crippen molar-refractivity contribution in [3.8, 4) is 0 Å². The summed E-state index contributed by atoms with van der Waals surface area (Å²) >= 11 is 0. The van der Waals surface area contributed by atoms with Crippen LogP contribution in [0.3, 0.4) is 0 Å².